The Balaban J connectivity index is 2.25. The van der Waals surface area contributed by atoms with Crippen LogP contribution in [0.2, 0.25) is 0 Å². The number of amides is 1. The van der Waals surface area contributed by atoms with E-state index >= 15 is 0 Å². The minimum absolute atomic E-state index is 0.177. The second-order valence-electron chi connectivity index (χ2n) is 6.82. The van der Waals surface area contributed by atoms with Gasteiger partial charge in [-0.15, -0.1) is 0 Å². The van der Waals surface area contributed by atoms with Crippen molar-refractivity contribution in [2.24, 2.45) is 5.92 Å². The molecule has 0 bridgehead atoms. The average Bonchev–Trinajstić information content (AvgIpc) is 2.80. The summed E-state index contributed by atoms with van der Waals surface area (Å²) in [6, 6.07) is 0.177. The fourth-order valence-electron chi connectivity index (χ4n) is 2.30. The molecule has 1 amide bonds. The van der Waals surface area contributed by atoms with Crippen molar-refractivity contribution in [3.8, 4) is 0 Å². The molecule has 0 aliphatic carbocycles. The van der Waals surface area contributed by atoms with Crippen LogP contribution in [0.5, 0.6) is 0 Å². The molecule has 0 aromatic heterocycles. The number of hydrogen-bond acceptors (Lipinski definition) is 4. The van der Waals surface area contributed by atoms with Gasteiger partial charge in [-0.1, -0.05) is 0 Å². The molecule has 2 N–H and O–H groups in total. The molecule has 1 aliphatic rings. The number of aliphatic carboxylic acids is 1. The van der Waals surface area contributed by atoms with Gasteiger partial charge in [0.15, 0.2) is 0 Å². The van der Waals surface area contributed by atoms with Crippen LogP contribution in [0, 0.1) is 5.92 Å². The predicted octanol–water partition coefficient (Wildman–Crippen LogP) is 2.09. The lowest BCUT2D eigenvalue weighted by Crippen LogP contribution is -2.37. The molecule has 6 heteroatoms. The highest BCUT2D eigenvalue weighted by Gasteiger charge is 2.29. The van der Waals surface area contributed by atoms with Crippen LogP contribution < -0.4 is 5.32 Å². The summed E-state index contributed by atoms with van der Waals surface area (Å²) in [5.41, 5.74) is -0.460. The number of hydrogen-bond donors (Lipinski definition) is 2. The van der Waals surface area contributed by atoms with Gasteiger partial charge in [-0.2, -0.15) is 0 Å². The number of carboxylic acids is 1. The van der Waals surface area contributed by atoms with Crippen LogP contribution in [0.1, 0.15) is 47.0 Å². The van der Waals surface area contributed by atoms with Crippen LogP contribution in [0.3, 0.4) is 0 Å². The van der Waals surface area contributed by atoms with Crippen molar-refractivity contribution in [2.75, 3.05) is 19.6 Å². The number of carbonyl (C=O) groups is 2. The Morgan fingerprint density at radius 1 is 1.43 bits per heavy atom. The Labute approximate surface area is 126 Å². The SMILES string of the molecule is CC(CCC(=O)O)NCC1CCN(C(=O)OC(C)(C)C)C1. The van der Waals surface area contributed by atoms with E-state index in [1.807, 2.05) is 27.7 Å². The predicted molar refractivity (Wildman–Crippen MR) is 80.2 cm³/mol. The lowest BCUT2D eigenvalue weighted by molar-refractivity contribution is -0.137. The molecule has 0 saturated carbocycles. The summed E-state index contributed by atoms with van der Waals surface area (Å²) in [7, 11) is 0. The van der Waals surface area contributed by atoms with Crippen molar-refractivity contribution in [1.82, 2.24) is 10.2 Å². The Hall–Kier alpha value is -1.30. The van der Waals surface area contributed by atoms with Gasteiger partial charge in [-0.25, -0.2) is 4.79 Å². The zero-order valence-electron chi connectivity index (χ0n) is 13.5. The van der Waals surface area contributed by atoms with E-state index in [0.29, 0.717) is 18.9 Å². The summed E-state index contributed by atoms with van der Waals surface area (Å²) in [5, 5.41) is 12.0. The average molecular weight is 300 g/mol. The molecule has 0 spiro atoms. The largest absolute Gasteiger partial charge is 0.481 e. The second kappa shape index (κ2) is 7.64. The van der Waals surface area contributed by atoms with E-state index in [1.54, 1.807) is 4.90 Å². The Bertz CT molecular complexity index is 365. The number of nitrogens with one attached hydrogen (secondary N) is 1. The van der Waals surface area contributed by atoms with Gasteiger partial charge in [0.2, 0.25) is 0 Å². The summed E-state index contributed by atoms with van der Waals surface area (Å²) >= 11 is 0. The van der Waals surface area contributed by atoms with E-state index in [0.717, 1.165) is 19.5 Å². The van der Waals surface area contributed by atoms with Crippen LogP contribution >= 0.6 is 0 Å². The first-order valence-corrected chi connectivity index (χ1v) is 7.60. The van der Waals surface area contributed by atoms with Crippen molar-refractivity contribution in [3.63, 3.8) is 0 Å². The first-order chi connectivity index (χ1) is 9.67. The van der Waals surface area contributed by atoms with Gasteiger partial charge in [0.25, 0.3) is 0 Å². The van der Waals surface area contributed by atoms with E-state index in [9.17, 15) is 9.59 Å². The minimum Gasteiger partial charge on any atom is -0.481 e. The number of rotatable bonds is 6. The van der Waals surface area contributed by atoms with Gasteiger partial charge in [0.1, 0.15) is 5.60 Å². The lowest BCUT2D eigenvalue weighted by atomic mass is 10.1. The van der Waals surface area contributed by atoms with Crippen molar-refractivity contribution in [3.05, 3.63) is 0 Å². The summed E-state index contributed by atoms with van der Waals surface area (Å²) in [6.45, 7) is 9.82. The van der Waals surface area contributed by atoms with E-state index in [2.05, 4.69) is 5.32 Å². The first kappa shape index (κ1) is 17.8. The maximum Gasteiger partial charge on any atom is 0.410 e. The zero-order valence-corrected chi connectivity index (χ0v) is 13.5. The fourth-order valence-corrected chi connectivity index (χ4v) is 2.30. The van der Waals surface area contributed by atoms with Crippen molar-refractivity contribution >= 4 is 12.1 Å². The highest BCUT2D eigenvalue weighted by molar-refractivity contribution is 5.68. The Morgan fingerprint density at radius 2 is 2.10 bits per heavy atom. The lowest BCUT2D eigenvalue weighted by Gasteiger charge is -2.24. The molecule has 2 unspecified atom stereocenters. The highest BCUT2D eigenvalue weighted by Crippen LogP contribution is 2.19. The molecule has 2 atom stereocenters. The van der Waals surface area contributed by atoms with Gasteiger partial charge >= 0.3 is 12.1 Å². The number of nitrogens with zero attached hydrogens (tertiary/aromatic N) is 1. The van der Waals surface area contributed by atoms with Crippen LogP contribution in [0.25, 0.3) is 0 Å². The van der Waals surface area contributed by atoms with Crippen molar-refractivity contribution in [1.29, 1.82) is 0 Å². The third-order valence-electron chi connectivity index (χ3n) is 3.48. The second-order valence-corrected chi connectivity index (χ2v) is 6.82. The number of carbonyl (C=O) groups excluding carboxylic acids is 1. The van der Waals surface area contributed by atoms with Gasteiger partial charge in [0, 0.05) is 25.6 Å². The van der Waals surface area contributed by atoms with E-state index in [4.69, 9.17) is 9.84 Å². The van der Waals surface area contributed by atoms with Crippen molar-refractivity contribution < 1.29 is 19.4 Å². The normalized spacial score (nSPS) is 20.4. The molecule has 1 aliphatic heterocycles. The van der Waals surface area contributed by atoms with E-state index in [1.165, 1.54) is 0 Å². The van der Waals surface area contributed by atoms with Gasteiger partial charge < -0.3 is 20.1 Å². The topological polar surface area (TPSA) is 78.9 Å². The molecule has 1 heterocycles. The minimum atomic E-state index is -0.763. The van der Waals surface area contributed by atoms with Gasteiger partial charge in [-0.3, -0.25) is 4.79 Å². The molecular weight excluding hydrogens is 272 g/mol. The molecule has 1 saturated heterocycles. The van der Waals surface area contributed by atoms with Crippen LogP contribution in [-0.2, 0) is 9.53 Å². The molecule has 0 aromatic carbocycles. The molecule has 0 radical (unpaired) electrons. The van der Waals surface area contributed by atoms with Crippen molar-refractivity contribution in [2.45, 2.75) is 58.6 Å². The zero-order chi connectivity index (χ0) is 16.0. The first-order valence-electron chi connectivity index (χ1n) is 7.60. The number of carboxylic acid groups (broad SMARTS) is 1. The smallest absolute Gasteiger partial charge is 0.410 e. The summed E-state index contributed by atoms with van der Waals surface area (Å²) < 4.78 is 5.36. The van der Waals surface area contributed by atoms with Gasteiger partial charge in [-0.05, 0) is 53.0 Å². The molecule has 21 heavy (non-hydrogen) atoms. The van der Waals surface area contributed by atoms with E-state index in [-0.39, 0.29) is 18.6 Å². The monoisotopic (exact) mass is 300 g/mol. The highest BCUT2D eigenvalue weighted by atomic mass is 16.6. The Kier molecular flexibility index (Phi) is 6.45. The molecule has 1 rings (SSSR count). The van der Waals surface area contributed by atoms with Crippen LogP contribution in [0.4, 0.5) is 4.79 Å². The fraction of sp³-hybridized carbons (Fsp3) is 0.867. The quantitative estimate of drug-likeness (QED) is 0.785. The molecule has 6 nitrogen and oxygen atoms in total. The third-order valence-corrected chi connectivity index (χ3v) is 3.48. The maximum atomic E-state index is 11.9. The standard InChI is InChI=1S/C15H28N2O4/c1-11(5-6-13(18)19)16-9-12-7-8-17(10-12)14(20)21-15(2,3)4/h11-12,16H,5-10H2,1-4H3,(H,18,19). The number of ether oxygens (including phenoxy) is 1. The van der Waals surface area contributed by atoms with Gasteiger partial charge in [0.05, 0.1) is 0 Å². The molecule has 0 aromatic rings. The number of likely N-dealkylation sites (tertiary alicyclic amines) is 1. The maximum absolute atomic E-state index is 11.9. The Morgan fingerprint density at radius 3 is 2.67 bits per heavy atom. The third kappa shape index (κ3) is 7.32. The summed E-state index contributed by atoms with van der Waals surface area (Å²) in [5.74, 6) is -0.356. The summed E-state index contributed by atoms with van der Waals surface area (Å²) in [4.78, 5) is 24.2. The molecular formula is C15H28N2O4. The van der Waals surface area contributed by atoms with Crippen LogP contribution in [-0.4, -0.2) is 53.3 Å². The van der Waals surface area contributed by atoms with E-state index < -0.39 is 11.6 Å². The summed E-state index contributed by atoms with van der Waals surface area (Å²) in [6.07, 6.45) is 1.52. The van der Waals surface area contributed by atoms with Crippen LogP contribution in [0.15, 0.2) is 0 Å². The molecule has 122 valence electrons. The molecule has 1 fully saturated rings.